The maximum absolute atomic E-state index is 14.6. The van der Waals surface area contributed by atoms with E-state index < -0.39 is 0 Å². The van der Waals surface area contributed by atoms with E-state index in [1.165, 1.54) is 30.2 Å². The molecule has 1 atom stereocenters. The zero-order valence-corrected chi connectivity index (χ0v) is 19.8. The lowest BCUT2D eigenvalue weighted by molar-refractivity contribution is -0.110. The van der Waals surface area contributed by atoms with Gasteiger partial charge in [0, 0.05) is 41.3 Å². The van der Waals surface area contributed by atoms with Crippen LogP contribution in [-0.2, 0) is 22.4 Å². The first kappa shape index (κ1) is 22.3. The van der Waals surface area contributed by atoms with E-state index >= 15 is 0 Å². The van der Waals surface area contributed by atoms with E-state index in [1.54, 1.807) is 12.1 Å². The van der Waals surface area contributed by atoms with Crippen molar-refractivity contribution in [3.05, 3.63) is 76.9 Å². The number of morpholine rings is 1. The summed E-state index contributed by atoms with van der Waals surface area (Å²) in [4.78, 5) is 19.0. The molecular weight excluding hydrogens is 441 g/mol. The fourth-order valence-electron chi connectivity index (χ4n) is 5.69. The number of nitrogens with one attached hydrogen (secondary N) is 2. The Bertz CT molecular complexity index is 1290. The lowest BCUT2D eigenvalue weighted by Crippen LogP contribution is -2.37. The number of benzene rings is 2. The molecule has 180 valence electrons. The summed E-state index contributed by atoms with van der Waals surface area (Å²) in [6.45, 7) is 4.91. The van der Waals surface area contributed by atoms with Crippen LogP contribution in [0.1, 0.15) is 35.4 Å². The molecule has 0 saturated carbocycles. The minimum atomic E-state index is -0.293. The third-order valence-electron chi connectivity index (χ3n) is 7.57. The van der Waals surface area contributed by atoms with Crippen LogP contribution in [-0.4, -0.2) is 48.6 Å². The van der Waals surface area contributed by atoms with Gasteiger partial charge < -0.3 is 15.0 Å². The van der Waals surface area contributed by atoms with Gasteiger partial charge in [0.25, 0.3) is 5.91 Å². The molecule has 6 heteroatoms. The average Bonchev–Trinajstić information content (AvgIpc) is 3.43. The number of amides is 1. The monoisotopic (exact) mass is 471 g/mol. The van der Waals surface area contributed by atoms with Gasteiger partial charge in [-0.1, -0.05) is 30.3 Å². The zero-order chi connectivity index (χ0) is 23.8. The van der Waals surface area contributed by atoms with E-state index in [0.29, 0.717) is 17.1 Å². The summed E-state index contributed by atoms with van der Waals surface area (Å²) < 4.78 is 20.1. The van der Waals surface area contributed by atoms with Gasteiger partial charge in [0.2, 0.25) is 0 Å². The Labute approximate surface area is 205 Å². The Balaban J connectivity index is 1.25. The number of hydrogen-bond acceptors (Lipinski definition) is 3. The molecule has 0 spiro atoms. The fraction of sp³-hybridized carbons (Fsp3) is 0.345. The quantitative estimate of drug-likeness (QED) is 0.507. The van der Waals surface area contributed by atoms with E-state index in [0.717, 1.165) is 68.2 Å². The first-order chi connectivity index (χ1) is 17.2. The number of carbonyl (C=O) groups excluding carboxylic acids is 1. The number of rotatable bonds is 5. The molecule has 6 rings (SSSR count). The molecule has 3 aliphatic rings. The number of anilines is 1. The van der Waals surface area contributed by atoms with Gasteiger partial charge >= 0.3 is 0 Å². The summed E-state index contributed by atoms with van der Waals surface area (Å²) in [6, 6.07) is 14.5. The lowest BCUT2D eigenvalue weighted by atomic mass is 9.85. The summed E-state index contributed by atoms with van der Waals surface area (Å²) in [5.74, 6) is 0.239. The van der Waals surface area contributed by atoms with E-state index in [-0.39, 0.29) is 11.7 Å². The van der Waals surface area contributed by atoms with Crippen LogP contribution in [0.2, 0.25) is 0 Å². The summed E-state index contributed by atoms with van der Waals surface area (Å²) in [6.07, 6.45) is 6.43. The standard InChI is InChI=1S/C29H30FN3O2/c30-25-6-2-1-4-22(25)23-5-3-7-27-28(23)24(29(34)32-27)18-21-17-20-16-19(8-9-26(20)31-21)10-11-33-12-14-35-15-13-33/h1-7,17-19,31H,8-16H2,(H,32,34). The van der Waals surface area contributed by atoms with Crippen LogP contribution in [0.5, 0.6) is 0 Å². The van der Waals surface area contributed by atoms with Crippen molar-refractivity contribution >= 4 is 23.2 Å². The number of nitrogens with zero attached hydrogens (tertiary/aromatic N) is 1. The molecule has 3 heterocycles. The van der Waals surface area contributed by atoms with Crippen molar-refractivity contribution in [3.8, 4) is 11.1 Å². The number of aromatic nitrogens is 1. The number of hydrogen-bond donors (Lipinski definition) is 2. The number of halogens is 1. The second-order valence-electron chi connectivity index (χ2n) is 9.80. The summed E-state index contributed by atoms with van der Waals surface area (Å²) in [7, 11) is 0. The van der Waals surface area contributed by atoms with Crippen molar-refractivity contribution in [2.24, 2.45) is 5.92 Å². The van der Waals surface area contributed by atoms with Crippen molar-refractivity contribution in [3.63, 3.8) is 0 Å². The van der Waals surface area contributed by atoms with E-state index in [9.17, 15) is 9.18 Å². The van der Waals surface area contributed by atoms with E-state index in [2.05, 4.69) is 21.3 Å². The smallest absolute Gasteiger partial charge is 0.256 e. The molecule has 2 aromatic carbocycles. The SMILES string of the molecule is O=C1Nc2cccc(-c3ccccc3F)c2C1=Cc1cc2c([nH]1)CCC(CCN1CCOCC1)C2. The van der Waals surface area contributed by atoms with Crippen molar-refractivity contribution < 1.29 is 13.9 Å². The summed E-state index contributed by atoms with van der Waals surface area (Å²) in [5, 5.41) is 2.96. The Kier molecular flexibility index (Phi) is 6.00. The molecule has 0 radical (unpaired) electrons. The minimum Gasteiger partial charge on any atom is -0.379 e. The molecule has 1 aliphatic carbocycles. The number of carbonyl (C=O) groups is 1. The minimum absolute atomic E-state index is 0.153. The van der Waals surface area contributed by atoms with Crippen LogP contribution in [0.4, 0.5) is 10.1 Å². The molecule has 1 saturated heterocycles. The van der Waals surface area contributed by atoms with Crippen LogP contribution < -0.4 is 5.32 Å². The molecule has 3 aromatic rings. The molecule has 5 nitrogen and oxygen atoms in total. The van der Waals surface area contributed by atoms with E-state index in [4.69, 9.17) is 4.74 Å². The van der Waals surface area contributed by atoms with Gasteiger partial charge in [-0.05, 0) is 73.5 Å². The first-order valence-corrected chi connectivity index (χ1v) is 12.6. The van der Waals surface area contributed by atoms with Gasteiger partial charge in [0.05, 0.1) is 18.8 Å². The third-order valence-corrected chi connectivity index (χ3v) is 7.57. The van der Waals surface area contributed by atoms with Crippen LogP contribution in [0.25, 0.3) is 22.8 Å². The first-order valence-electron chi connectivity index (χ1n) is 12.6. The molecular formula is C29H30FN3O2. The van der Waals surface area contributed by atoms with Gasteiger partial charge in [-0.25, -0.2) is 4.39 Å². The molecule has 2 aliphatic heterocycles. The van der Waals surface area contributed by atoms with Crippen LogP contribution in [0.3, 0.4) is 0 Å². The second kappa shape index (κ2) is 9.44. The molecule has 35 heavy (non-hydrogen) atoms. The maximum Gasteiger partial charge on any atom is 0.256 e. The summed E-state index contributed by atoms with van der Waals surface area (Å²) >= 11 is 0. The van der Waals surface area contributed by atoms with Crippen LogP contribution >= 0.6 is 0 Å². The number of aryl methyl sites for hydroxylation is 1. The number of fused-ring (bicyclic) bond motifs is 2. The maximum atomic E-state index is 14.6. The van der Waals surface area contributed by atoms with Crippen LogP contribution in [0.15, 0.2) is 48.5 Å². The lowest BCUT2D eigenvalue weighted by Gasteiger charge is -2.29. The van der Waals surface area contributed by atoms with Gasteiger partial charge in [0.1, 0.15) is 5.82 Å². The van der Waals surface area contributed by atoms with Crippen molar-refractivity contribution in [1.29, 1.82) is 0 Å². The Morgan fingerprint density at radius 1 is 1.09 bits per heavy atom. The molecule has 1 aromatic heterocycles. The topological polar surface area (TPSA) is 57.4 Å². The summed E-state index contributed by atoms with van der Waals surface area (Å²) in [5.41, 5.74) is 6.86. The molecule has 1 unspecified atom stereocenters. The average molecular weight is 472 g/mol. The largest absolute Gasteiger partial charge is 0.379 e. The third kappa shape index (κ3) is 4.44. The zero-order valence-electron chi connectivity index (χ0n) is 19.8. The van der Waals surface area contributed by atoms with Gasteiger partial charge in [0.15, 0.2) is 0 Å². The Hall–Kier alpha value is -3.22. The van der Waals surface area contributed by atoms with Crippen LogP contribution in [0, 0.1) is 11.7 Å². The fourth-order valence-corrected chi connectivity index (χ4v) is 5.69. The highest BCUT2D eigenvalue weighted by atomic mass is 19.1. The van der Waals surface area contributed by atoms with Crippen molar-refractivity contribution in [2.75, 3.05) is 38.2 Å². The predicted molar refractivity (Wildman–Crippen MR) is 137 cm³/mol. The highest BCUT2D eigenvalue weighted by Gasteiger charge is 2.29. The Morgan fingerprint density at radius 2 is 1.91 bits per heavy atom. The highest BCUT2D eigenvalue weighted by Crippen LogP contribution is 2.41. The van der Waals surface area contributed by atoms with Crippen molar-refractivity contribution in [2.45, 2.75) is 25.7 Å². The highest BCUT2D eigenvalue weighted by molar-refractivity contribution is 6.36. The molecule has 2 N–H and O–H groups in total. The molecule has 1 amide bonds. The van der Waals surface area contributed by atoms with Crippen molar-refractivity contribution in [1.82, 2.24) is 9.88 Å². The molecule has 0 bridgehead atoms. The van der Waals surface area contributed by atoms with Gasteiger partial charge in [-0.3, -0.25) is 9.69 Å². The molecule has 1 fully saturated rings. The van der Waals surface area contributed by atoms with Gasteiger partial charge in [-0.2, -0.15) is 0 Å². The number of aromatic amines is 1. The van der Waals surface area contributed by atoms with E-state index in [1.807, 2.05) is 30.3 Å². The second-order valence-corrected chi connectivity index (χ2v) is 9.80. The normalized spacial score (nSPS) is 21.1. The number of H-pyrrole nitrogens is 1. The predicted octanol–water partition coefficient (Wildman–Crippen LogP) is 5.14. The van der Waals surface area contributed by atoms with Gasteiger partial charge in [-0.15, -0.1) is 0 Å². The Morgan fingerprint density at radius 3 is 2.77 bits per heavy atom. The number of ether oxygens (including phenoxy) is 1.